The quantitative estimate of drug-likeness (QED) is 0.427. The lowest BCUT2D eigenvalue weighted by atomic mass is 10.0. The molecule has 36 heavy (non-hydrogen) atoms. The van der Waals surface area contributed by atoms with Crippen LogP contribution in [0.1, 0.15) is 21.5 Å². The fourth-order valence-electron chi connectivity index (χ4n) is 4.08. The van der Waals surface area contributed by atoms with Gasteiger partial charge in [-0.1, -0.05) is 11.6 Å². The molecule has 1 amide bonds. The Kier molecular flexibility index (Phi) is 8.74. The zero-order chi connectivity index (χ0) is 25.5. The lowest BCUT2D eigenvalue weighted by molar-refractivity contribution is 0.0962. The Hall–Kier alpha value is -3.21. The molecule has 0 bridgehead atoms. The average Bonchev–Trinajstić information content (AvgIpc) is 3.35. The second-order valence-corrected chi connectivity index (χ2v) is 9.29. The van der Waals surface area contributed by atoms with Gasteiger partial charge < -0.3 is 20.3 Å². The van der Waals surface area contributed by atoms with Crippen LogP contribution < -0.4 is 15.4 Å². The van der Waals surface area contributed by atoms with Crippen LogP contribution in [-0.2, 0) is 19.4 Å². The van der Waals surface area contributed by atoms with E-state index in [9.17, 15) is 4.79 Å². The molecule has 0 saturated carbocycles. The van der Waals surface area contributed by atoms with Crippen LogP contribution in [-0.4, -0.2) is 89.4 Å². The highest BCUT2D eigenvalue weighted by atomic mass is 35.5. The number of carbonyl (C=O) groups is 1. The van der Waals surface area contributed by atoms with Crippen molar-refractivity contribution < 1.29 is 9.53 Å². The number of nitrogens with one attached hydrogen (secondary N) is 2. The Morgan fingerprint density at radius 2 is 1.83 bits per heavy atom. The highest BCUT2D eigenvalue weighted by Gasteiger charge is 2.15. The number of hydrogen-bond donors (Lipinski definition) is 2. The zero-order valence-corrected chi connectivity index (χ0v) is 21.8. The van der Waals surface area contributed by atoms with Crippen molar-refractivity contribution in [1.82, 2.24) is 34.9 Å². The van der Waals surface area contributed by atoms with Gasteiger partial charge >= 0.3 is 0 Å². The fourth-order valence-corrected chi connectivity index (χ4v) is 4.36. The minimum atomic E-state index is -0.187. The minimum Gasteiger partial charge on any atom is -0.495 e. The van der Waals surface area contributed by atoms with Crippen molar-refractivity contribution in [2.24, 2.45) is 0 Å². The summed E-state index contributed by atoms with van der Waals surface area (Å²) in [5.41, 5.74) is 3.16. The molecule has 1 aliphatic rings. The van der Waals surface area contributed by atoms with Gasteiger partial charge in [0.15, 0.2) is 0 Å². The number of likely N-dealkylation sites (N-methyl/N-ethyl adjacent to an activating group) is 1. The number of rotatable bonds is 10. The van der Waals surface area contributed by atoms with Crippen molar-refractivity contribution in [1.29, 1.82) is 0 Å². The second-order valence-electron chi connectivity index (χ2n) is 8.91. The molecular weight excluding hydrogens is 480 g/mol. The van der Waals surface area contributed by atoms with Crippen LogP contribution in [0.2, 0.25) is 5.02 Å². The molecule has 0 radical (unpaired) electrons. The summed E-state index contributed by atoms with van der Waals surface area (Å²) in [4.78, 5) is 25.8. The van der Waals surface area contributed by atoms with Gasteiger partial charge in [0.25, 0.3) is 5.91 Å². The molecule has 3 heterocycles. The summed E-state index contributed by atoms with van der Waals surface area (Å²) in [5, 5.41) is 10.8. The summed E-state index contributed by atoms with van der Waals surface area (Å²) in [6.07, 6.45) is 8.64. The molecular formula is C25H33ClN8O2. The van der Waals surface area contributed by atoms with Crippen LogP contribution in [0.4, 0.5) is 11.6 Å². The molecule has 0 unspecified atom stereocenters. The summed E-state index contributed by atoms with van der Waals surface area (Å²) in [5.74, 6) is 0.805. The van der Waals surface area contributed by atoms with E-state index in [-0.39, 0.29) is 5.91 Å². The summed E-state index contributed by atoms with van der Waals surface area (Å²) >= 11 is 6.47. The molecule has 2 aromatic heterocycles. The fraction of sp³-hybridized carbons (Fsp3) is 0.440. The van der Waals surface area contributed by atoms with E-state index in [1.54, 1.807) is 37.8 Å². The number of carbonyl (C=O) groups excluding carboxylic acids is 1. The SMILES string of the molecule is CNC(=O)c1cc(CCc2cnc(Nc3cnn(CCN4CCN(C)CC4)c3)nc2)c(Cl)c(OC)c1. The van der Waals surface area contributed by atoms with E-state index in [0.717, 1.165) is 56.1 Å². The summed E-state index contributed by atoms with van der Waals surface area (Å²) < 4.78 is 7.29. The third-order valence-electron chi connectivity index (χ3n) is 6.34. The Labute approximate surface area is 216 Å². The van der Waals surface area contributed by atoms with E-state index < -0.39 is 0 Å². The molecule has 1 aromatic carbocycles. The number of piperazine rings is 1. The molecule has 10 nitrogen and oxygen atoms in total. The van der Waals surface area contributed by atoms with Gasteiger partial charge in [-0.15, -0.1) is 0 Å². The van der Waals surface area contributed by atoms with Gasteiger partial charge in [-0.2, -0.15) is 5.10 Å². The first kappa shape index (κ1) is 25.9. The van der Waals surface area contributed by atoms with E-state index in [1.807, 2.05) is 10.9 Å². The number of ether oxygens (including phenoxy) is 1. The molecule has 11 heteroatoms. The first-order chi connectivity index (χ1) is 17.4. The average molecular weight is 513 g/mol. The van der Waals surface area contributed by atoms with Gasteiger partial charge in [0.2, 0.25) is 5.95 Å². The molecule has 192 valence electrons. The van der Waals surface area contributed by atoms with E-state index in [4.69, 9.17) is 16.3 Å². The van der Waals surface area contributed by atoms with Crippen molar-refractivity contribution in [3.05, 3.63) is 58.6 Å². The van der Waals surface area contributed by atoms with Crippen molar-refractivity contribution in [2.45, 2.75) is 19.4 Å². The second kappa shape index (κ2) is 12.2. The third-order valence-corrected chi connectivity index (χ3v) is 6.77. The number of aryl methyl sites for hydroxylation is 2. The highest BCUT2D eigenvalue weighted by Crippen LogP contribution is 2.31. The number of nitrogens with zero attached hydrogens (tertiary/aromatic N) is 6. The van der Waals surface area contributed by atoms with Crippen LogP contribution in [0.5, 0.6) is 5.75 Å². The summed E-state index contributed by atoms with van der Waals surface area (Å²) in [6.45, 7) is 6.26. The maximum atomic E-state index is 12.1. The van der Waals surface area contributed by atoms with Crippen molar-refractivity contribution in [2.75, 3.05) is 59.2 Å². The molecule has 3 aromatic rings. The molecule has 0 aliphatic carbocycles. The zero-order valence-electron chi connectivity index (χ0n) is 21.0. The van der Waals surface area contributed by atoms with Crippen LogP contribution in [0.25, 0.3) is 0 Å². The van der Waals surface area contributed by atoms with E-state index >= 15 is 0 Å². The standard InChI is InChI=1S/C25H33ClN8O2/c1-27-24(35)20-12-19(23(26)22(13-20)36-3)5-4-18-14-28-25(29-15-18)31-21-16-30-34(17-21)11-10-33-8-6-32(2)7-9-33/h12-17H,4-11H2,1-3H3,(H,27,35)(H,28,29,31). The number of methoxy groups -OCH3 is 1. The lowest BCUT2D eigenvalue weighted by Gasteiger charge is -2.32. The Bertz CT molecular complexity index is 1160. The normalized spacial score (nSPS) is 14.6. The maximum absolute atomic E-state index is 12.1. The number of amides is 1. The molecule has 4 rings (SSSR count). The van der Waals surface area contributed by atoms with E-state index in [1.165, 1.54) is 7.11 Å². The van der Waals surface area contributed by atoms with Gasteiger partial charge in [0, 0.05) is 63.9 Å². The third kappa shape index (κ3) is 6.71. The van der Waals surface area contributed by atoms with E-state index in [0.29, 0.717) is 35.1 Å². The summed E-state index contributed by atoms with van der Waals surface area (Å²) in [7, 11) is 5.29. The van der Waals surface area contributed by atoms with Gasteiger partial charge in [-0.25, -0.2) is 9.97 Å². The highest BCUT2D eigenvalue weighted by molar-refractivity contribution is 6.33. The minimum absolute atomic E-state index is 0.187. The molecule has 1 fully saturated rings. The lowest BCUT2D eigenvalue weighted by Crippen LogP contribution is -2.45. The first-order valence-electron chi connectivity index (χ1n) is 12.0. The maximum Gasteiger partial charge on any atom is 0.251 e. The Balaban J connectivity index is 1.30. The van der Waals surface area contributed by atoms with Crippen LogP contribution in [0.3, 0.4) is 0 Å². The smallest absolute Gasteiger partial charge is 0.251 e. The first-order valence-corrected chi connectivity index (χ1v) is 12.4. The van der Waals surface area contributed by atoms with Crippen LogP contribution in [0, 0.1) is 0 Å². The predicted molar refractivity (Wildman–Crippen MR) is 140 cm³/mol. The number of hydrogen-bond acceptors (Lipinski definition) is 8. The molecule has 0 atom stereocenters. The molecule has 1 aliphatic heterocycles. The van der Waals surface area contributed by atoms with Crippen LogP contribution in [0.15, 0.2) is 36.9 Å². The molecule has 2 N–H and O–H groups in total. The van der Waals surface area contributed by atoms with Crippen LogP contribution >= 0.6 is 11.6 Å². The Morgan fingerprint density at radius 3 is 2.53 bits per heavy atom. The molecule has 1 saturated heterocycles. The predicted octanol–water partition coefficient (Wildman–Crippen LogP) is 2.47. The number of benzene rings is 1. The van der Waals surface area contributed by atoms with Gasteiger partial charge in [-0.3, -0.25) is 14.4 Å². The number of halogens is 1. The summed E-state index contributed by atoms with van der Waals surface area (Å²) in [6, 6.07) is 3.44. The Morgan fingerprint density at radius 1 is 1.08 bits per heavy atom. The van der Waals surface area contributed by atoms with Crippen molar-refractivity contribution in [3.8, 4) is 5.75 Å². The number of aromatic nitrogens is 4. The van der Waals surface area contributed by atoms with Gasteiger partial charge in [-0.05, 0) is 43.1 Å². The molecule has 0 spiro atoms. The monoisotopic (exact) mass is 512 g/mol. The largest absolute Gasteiger partial charge is 0.495 e. The van der Waals surface area contributed by atoms with Crippen molar-refractivity contribution >= 4 is 29.1 Å². The van der Waals surface area contributed by atoms with E-state index in [2.05, 4.69) is 42.5 Å². The van der Waals surface area contributed by atoms with Crippen molar-refractivity contribution in [3.63, 3.8) is 0 Å². The van der Waals surface area contributed by atoms with Gasteiger partial charge in [0.1, 0.15) is 5.75 Å². The topological polar surface area (TPSA) is 100 Å². The van der Waals surface area contributed by atoms with Gasteiger partial charge in [0.05, 0.1) is 30.6 Å². The number of anilines is 2.